The van der Waals surface area contributed by atoms with E-state index in [0.29, 0.717) is 22.7 Å². The Morgan fingerprint density at radius 1 is 1.00 bits per heavy atom. The number of ether oxygens (including phenoxy) is 1. The van der Waals surface area contributed by atoms with Crippen molar-refractivity contribution < 1.29 is 40.7 Å². The van der Waals surface area contributed by atoms with E-state index in [1.165, 1.54) is 23.7 Å². The zero-order valence-electron chi connectivity index (χ0n) is 18.3. The van der Waals surface area contributed by atoms with Gasteiger partial charge in [-0.15, -0.1) is 11.3 Å². The van der Waals surface area contributed by atoms with Crippen LogP contribution in [-0.4, -0.2) is 33.4 Å². The van der Waals surface area contributed by atoms with E-state index in [2.05, 4.69) is 9.97 Å². The molecule has 192 valence electrons. The summed E-state index contributed by atoms with van der Waals surface area (Å²) in [6.45, 7) is -0.779. The minimum Gasteiger partial charge on any atom is -0.456 e. The molecule has 0 spiro atoms. The van der Waals surface area contributed by atoms with Gasteiger partial charge in [0.2, 0.25) is 0 Å². The molecule has 0 atom stereocenters. The maximum atomic E-state index is 13.3. The lowest BCUT2D eigenvalue weighted by Gasteiger charge is -2.25. The fourth-order valence-electron chi connectivity index (χ4n) is 3.18. The molecule has 0 aliphatic rings. The molecule has 0 fully saturated rings. The number of esters is 1. The molecule has 0 saturated heterocycles. The van der Waals surface area contributed by atoms with Crippen LogP contribution in [0.1, 0.15) is 29.2 Å². The lowest BCUT2D eigenvalue weighted by molar-refractivity contribution is -0.150. The summed E-state index contributed by atoms with van der Waals surface area (Å²) >= 11 is 7.48. The Labute approximate surface area is 209 Å². The number of rotatable bonds is 7. The van der Waals surface area contributed by atoms with Gasteiger partial charge < -0.3 is 9.64 Å². The van der Waals surface area contributed by atoms with E-state index in [4.69, 9.17) is 16.3 Å². The summed E-state index contributed by atoms with van der Waals surface area (Å²) in [7, 11) is 0. The van der Waals surface area contributed by atoms with Crippen LogP contribution in [-0.2, 0) is 39.8 Å². The summed E-state index contributed by atoms with van der Waals surface area (Å²) < 4.78 is 84.6. The van der Waals surface area contributed by atoms with Gasteiger partial charge in [-0.25, -0.2) is 9.97 Å². The van der Waals surface area contributed by atoms with Gasteiger partial charge in [0.1, 0.15) is 10.2 Å². The molecule has 3 aromatic rings. The van der Waals surface area contributed by atoms with Gasteiger partial charge in [0.25, 0.3) is 5.91 Å². The summed E-state index contributed by atoms with van der Waals surface area (Å²) in [6.07, 6.45) is -7.22. The van der Waals surface area contributed by atoms with Crippen molar-refractivity contribution >= 4 is 34.8 Å². The van der Waals surface area contributed by atoms with Crippen molar-refractivity contribution in [2.45, 2.75) is 32.4 Å². The second-order valence-electron chi connectivity index (χ2n) is 7.41. The quantitative estimate of drug-likeness (QED) is 0.205. The molecule has 0 aliphatic heterocycles. The Hall–Kier alpha value is -3.19. The number of pyridine rings is 1. The minimum atomic E-state index is -5.06. The van der Waals surface area contributed by atoms with Crippen LogP contribution in [0.15, 0.2) is 42.0 Å². The number of carbonyl (C=O) groups is 2. The molecule has 0 unspecified atom stereocenters. The molecular formula is C22H16ClF6N3O3S. The predicted molar refractivity (Wildman–Crippen MR) is 118 cm³/mol. The maximum Gasteiger partial charge on any atom is 0.416 e. The Morgan fingerprint density at radius 2 is 1.64 bits per heavy atom. The third kappa shape index (κ3) is 6.94. The summed E-state index contributed by atoms with van der Waals surface area (Å²) in [6, 6.07) is 2.59. The van der Waals surface area contributed by atoms with Crippen molar-refractivity contribution in [2.75, 3.05) is 6.61 Å². The first-order valence-corrected chi connectivity index (χ1v) is 11.2. The molecule has 1 aromatic carbocycles. The van der Waals surface area contributed by atoms with E-state index in [0.717, 1.165) is 11.8 Å². The molecule has 3 rings (SSSR count). The van der Waals surface area contributed by atoms with Gasteiger partial charge in [-0.3, -0.25) is 9.59 Å². The molecule has 2 heterocycles. The SMILES string of the molecule is CC(=O)OCC(=O)N(Cc1cc(C(F)(F)F)cc(C(F)(F)F)c1)Cc1c(-c2nccs2)ccnc1Cl. The second-order valence-corrected chi connectivity index (χ2v) is 8.66. The Bertz CT molecular complexity index is 1220. The van der Waals surface area contributed by atoms with E-state index < -0.39 is 54.1 Å². The Kier molecular flexibility index (Phi) is 8.24. The van der Waals surface area contributed by atoms with Crippen molar-refractivity contribution in [1.82, 2.24) is 14.9 Å². The zero-order chi connectivity index (χ0) is 26.7. The highest BCUT2D eigenvalue weighted by atomic mass is 35.5. The highest BCUT2D eigenvalue weighted by Gasteiger charge is 2.37. The number of hydrogen-bond acceptors (Lipinski definition) is 6. The molecule has 0 N–H and O–H groups in total. The van der Waals surface area contributed by atoms with E-state index in [1.807, 2.05) is 0 Å². The van der Waals surface area contributed by atoms with Gasteiger partial charge in [-0.1, -0.05) is 11.6 Å². The van der Waals surface area contributed by atoms with Crippen molar-refractivity contribution in [3.63, 3.8) is 0 Å². The molecule has 36 heavy (non-hydrogen) atoms. The summed E-state index contributed by atoms with van der Waals surface area (Å²) in [5.41, 5.74) is -2.77. The van der Waals surface area contributed by atoms with Crippen LogP contribution in [0.5, 0.6) is 0 Å². The normalized spacial score (nSPS) is 11.9. The first-order chi connectivity index (χ1) is 16.8. The zero-order valence-corrected chi connectivity index (χ0v) is 19.9. The first kappa shape index (κ1) is 27.4. The number of hydrogen-bond donors (Lipinski definition) is 0. The fourth-order valence-corrected chi connectivity index (χ4v) is 4.09. The van der Waals surface area contributed by atoms with Crippen molar-refractivity contribution in [3.05, 3.63) is 69.4 Å². The Balaban J connectivity index is 2.05. The third-order valence-electron chi connectivity index (χ3n) is 4.79. The minimum absolute atomic E-state index is 0.00687. The van der Waals surface area contributed by atoms with E-state index >= 15 is 0 Å². The van der Waals surface area contributed by atoms with Gasteiger partial charge in [-0.05, 0) is 29.8 Å². The molecule has 1 amide bonds. The molecule has 0 aliphatic carbocycles. The highest BCUT2D eigenvalue weighted by Crippen LogP contribution is 2.37. The van der Waals surface area contributed by atoms with Gasteiger partial charge >= 0.3 is 18.3 Å². The van der Waals surface area contributed by atoms with Crippen LogP contribution in [0, 0.1) is 0 Å². The number of benzene rings is 1. The number of nitrogens with zero attached hydrogens (tertiary/aromatic N) is 3. The van der Waals surface area contributed by atoms with Crippen LogP contribution >= 0.6 is 22.9 Å². The van der Waals surface area contributed by atoms with Crippen molar-refractivity contribution in [1.29, 1.82) is 0 Å². The van der Waals surface area contributed by atoms with E-state index in [9.17, 15) is 35.9 Å². The summed E-state index contributed by atoms with van der Waals surface area (Å²) in [5, 5.41) is 2.13. The van der Waals surface area contributed by atoms with Gasteiger partial charge in [0.15, 0.2) is 6.61 Å². The largest absolute Gasteiger partial charge is 0.456 e. The topological polar surface area (TPSA) is 72.4 Å². The smallest absolute Gasteiger partial charge is 0.416 e. The molecule has 0 saturated carbocycles. The van der Waals surface area contributed by atoms with Crippen LogP contribution < -0.4 is 0 Å². The van der Waals surface area contributed by atoms with E-state index in [1.54, 1.807) is 11.4 Å². The summed E-state index contributed by atoms with van der Waals surface area (Å²) in [4.78, 5) is 33.1. The lowest BCUT2D eigenvalue weighted by atomic mass is 10.0. The number of halogens is 7. The lowest BCUT2D eigenvalue weighted by Crippen LogP contribution is -2.34. The fraction of sp³-hybridized carbons (Fsp3) is 0.273. The third-order valence-corrected chi connectivity index (χ3v) is 5.92. The first-order valence-electron chi connectivity index (χ1n) is 9.98. The van der Waals surface area contributed by atoms with Crippen LogP contribution in [0.2, 0.25) is 5.15 Å². The second kappa shape index (κ2) is 10.8. The van der Waals surface area contributed by atoms with E-state index in [-0.39, 0.29) is 23.3 Å². The van der Waals surface area contributed by atoms with Crippen molar-refractivity contribution in [3.8, 4) is 10.6 Å². The number of amides is 1. The van der Waals surface area contributed by atoms with Gasteiger partial charge in [0, 0.05) is 48.9 Å². The number of carbonyl (C=O) groups excluding carboxylic acids is 2. The molecule has 14 heteroatoms. The van der Waals surface area contributed by atoms with Crippen LogP contribution in [0.25, 0.3) is 10.6 Å². The predicted octanol–water partition coefficient (Wildman–Crippen LogP) is 5.99. The molecule has 0 bridgehead atoms. The standard InChI is InChI=1S/C22H16ClF6N3O3S/c1-12(33)35-11-18(34)32(10-17-16(2-3-30-19(17)23)20-31-4-5-36-20)9-13-6-14(21(24,25)26)8-15(7-13)22(27,28)29/h2-8H,9-11H2,1H3. The van der Waals surface area contributed by atoms with Gasteiger partial charge in [0.05, 0.1) is 11.1 Å². The molecule has 2 aromatic heterocycles. The molecular weight excluding hydrogens is 536 g/mol. The summed E-state index contributed by atoms with van der Waals surface area (Å²) in [5.74, 6) is -1.68. The van der Waals surface area contributed by atoms with Crippen LogP contribution in [0.3, 0.4) is 0 Å². The average Bonchev–Trinajstić information content (AvgIpc) is 3.31. The molecule has 0 radical (unpaired) electrons. The number of aromatic nitrogens is 2. The molecule has 6 nitrogen and oxygen atoms in total. The Morgan fingerprint density at radius 3 is 2.17 bits per heavy atom. The monoisotopic (exact) mass is 551 g/mol. The average molecular weight is 552 g/mol. The van der Waals surface area contributed by atoms with Crippen LogP contribution in [0.4, 0.5) is 26.3 Å². The van der Waals surface area contributed by atoms with Crippen molar-refractivity contribution in [2.24, 2.45) is 0 Å². The highest BCUT2D eigenvalue weighted by molar-refractivity contribution is 7.13. The number of thiazole rings is 1. The number of alkyl halides is 6. The van der Waals surface area contributed by atoms with Gasteiger partial charge in [-0.2, -0.15) is 26.3 Å². The maximum absolute atomic E-state index is 13.3.